The maximum Gasteiger partial charge on any atom is 0.267 e. The van der Waals surface area contributed by atoms with Gasteiger partial charge in [0.1, 0.15) is 4.88 Å². The fraction of sp³-hybridized carbons (Fsp3) is 0.286. The molecule has 0 aliphatic rings. The minimum Gasteiger partial charge on any atom is -0.321 e. The lowest BCUT2D eigenvalue weighted by Crippen LogP contribution is -2.24. The van der Waals surface area contributed by atoms with Gasteiger partial charge in [-0.2, -0.15) is 0 Å². The minimum atomic E-state index is -3.40. The number of hydrogen-bond acceptors (Lipinski definition) is 5. The molecule has 0 fully saturated rings. The minimum absolute atomic E-state index is 0.273. The number of carbonyl (C=O) groups excluding carboxylic acids is 1. The molecule has 0 unspecified atom stereocenters. The molecule has 0 radical (unpaired) electrons. The van der Waals surface area contributed by atoms with Crippen LogP contribution in [0.25, 0.3) is 0 Å². The van der Waals surface area contributed by atoms with Gasteiger partial charge in [0, 0.05) is 12.7 Å². The number of nitrogens with one attached hydrogen (secondary N) is 1. The van der Waals surface area contributed by atoms with Crippen molar-refractivity contribution in [1.29, 1.82) is 0 Å². The van der Waals surface area contributed by atoms with Gasteiger partial charge in [0.25, 0.3) is 5.91 Å². The summed E-state index contributed by atoms with van der Waals surface area (Å²) in [7, 11) is -1.99. The maximum absolute atomic E-state index is 12.3. The summed E-state index contributed by atoms with van der Waals surface area (Å²) >= 11 is 1.05. The molecule has 0 aliphatic heterocycles. The summed E-state index contributed by atoms with van der Waals surface area (Å²) < 4.78 is 24.1. The van der Waals surface area contributed by atoms with E-state index in [1.807, 2.05) is 25.1 Å². The number of rotatable bonds is 4. The van der Waals surface area contributed by atoms with Gasteiger partial charge in [-0.15, -0.1) is 0 Å². The number of benzene rings is 1. The van der Waals surface area contributed by atoms with E-state index in [9.17, 15) is 13.2 Å². The highest BCUT2D eigenvalue weighted by Gasteiger charge is 2.21. The molecule has 118 valence electrons. The van der Waals surface area contributed by atoms with Crippen molar-refractivity contribution in [3.63, 3.8) is 0 Å². The number of amides is 1. The summed E-state index contributed by atoms with van der Waals surface area (Å²) in [6, 6.07) is 7.45. The Morgan fingerprint density at radius 3 is 2.59 bits per heavy atom. The Balaban J connectivity index is 2.26. The molecule has 0 spiro atoms. The third-order valence-electron chi connectivity index (χ3n) is 3.03. The lowest BCUT2D eigenvalue weighted by Gasteiger charge is -2.11. The summed E-state index contributed by atoms with van der Waals surface area (Å²) in [5, 5.41) is 3.07. The molecule has 0 saturated heterocycles. The highest BCUT2D eigenvalue weighted by atomic mass is 32.2. The number of thiazole rings is 1. The van der Waals surface area contributed by atoms with Crippen LogP contribution in [-0.2, 0) is 10.0 Å². The van der Waals surface area contributed by atoms with Gasteiger partial charge >= 0.3 is 0 Å². The zero-order valence-corrected chi connectivity index (χ0v) is 14.4. The second-order valence-electron chi connectivity index (χ2n) is 4.97. The number of aromatic nitrogens is 1. The molecular formula is C14H17N3O3S2. The van der Waals surface area contributed by atoms with Gasteiger partial charge in [-0.1, -0.05) is 23.5 Å². The Morgan fingerprint density at radius 2 is 2.00 bits per heavy atom. The smallest absolute Gasteiger partial charge is 0.267 e. The summed E-state index contributed by atoms with van der Waals surface area (Å²) in [5.41, 5.74) is 2.23. The van der Waals surface area contributed by atoms with E-state index < -0.39 is 10.0 Å². The van der Waals surface area contributed by atoms with Crippen LogP contribution in [0.15, 0.2) is 24.3 Å². The maximum atomic E-state index is 12.3. The summed E-state index contributed by atoms with van der Waals surface area (Å²) in [4.78, 5) is 16.9. The molecule has 1 aromatic heterocycles. The van der Waals surface area contributed by atoms with Crippen molar-refractivity contribution in [2.24, 2.45) is 0 Å². The number of aryl methyl sites for hydroxylation is 2. The normalized spacial score (nSPS) is 11.3. The standard InChI is InChI=1S/C14H17N3O3S2/c1-9-6-5-7-11(8-9)16-13(18)12-10(2)15-14(21-12)17(3)22(4,19)20/h5-8H,1-4H3,(H,16,18). The van der Waals surface area contributed by atoms with Crippen molar-refractivity contribution < 1.29 is 13.2 Å². The third-order valence-corrected chi connectivity index (χ3v) is 5.55. The van der Waals surface area contributed by atoms with Gasteiger partial charge in [-0.25, -0.2) is 17.7 Å². The van der Waals surface area contributed by atoms with Crippen LogP contribution in [0.3, 0.4) is 0 Å². The zero-order valence-electron chi connectivity index (χ0n) is 12.7. The highest BCUT2D eigenvalue weighted by Crippen LogP contribution is 2.27. The predicted octanol–water partition coefficient (Wildman–Crippen LogP) is 2.41. The Morgan fingerprint density at radius 1 is 1.32 bits per heavy atom. The Labute approximate surface area is 133 Å². The molecule has 22 heavy (non-hydrogen) atoms. The van der Waals surface area contributed by atoms with Crippen LogP contribution < -0.4 is 9.62 Å². The van der Waals surface area contributed by atoms with Crippen molar-refractivity contribution in [2.45, 2.75) is 13.8 Å². The first-order chi connectivity index (χ1) is 10.2. The van der Waals surface area contributed by atoms with Crippen LogP contribution in [0.5, 0.6) is 0 Å². The summed E-state index contributed by atoms with van der Waals surface area (Å²) in [5.74, 6) is -0.297. The van der Waals surface area contributed by atoms with Crippen molar-refractivity contribution >= 4 is 38.1 Å². The van der Waals surface area contributed by atoms with Crippen molar-refractivity contribution in [3.05, 3.63) is 40.4 Å². The van der Waals surface area contributed by atoms with Gasteiger partial charge < -0.3 is 5.32 Å². The monoisotopic (exact) mass is 339 g/mol. The van der Waals surface area contributed by atoms with Crippen molar-refractivity contribution in [3.8, 4) is 0 Å². The van der Waals surface area contributed by atoms with E-state index in [0.717, 1.165) is 27.5 Å². The quantitative estimate of drug-likeness (QED) is 0.928. The van der Waals surface area contributed by atoms with Gasteiger partial charge in [-0.05, 0) is 31.5 Å². The van der Waals surface area contributed by atoms with Crippen molar-refractivity contribution in [1.82, 2.24) is 4.98 Å². The van der Waals surface area contributed by atoms with Crippen LogP contribution >= 0.6 is 11.3 Å². The molecule has 0 atom stereocenters. The number of carbonyl (C=O) groups is 1. The lowest BCUT2D eigenvalue weighted by molar-refractivity contribution is 0.103. The molecule has 0 bridgehead atoms. The fourth-order valence-corrected chi connectivity index (χ4v) is 3.45. The van der Waals surface area contributed by atoms with Crippen molar-refractivity contribution in [2.75, 3.05) is 22.9 Å². The van der Waals surface area contributed by atoms with E-state index >= 15 is 0 Å². The first kappa shape index (κ1) is 16.4. The topological polar surface area (TPSA) is 79.4 Å². The van der Waals surface area contributed by atoms with Gasteiger partial charge in [0.05, 0.1) is 11.9 Å². The molecule has 0 aliphatic carbocycles. The largest absolute Gasteiger partial charge is 0.321 e. The molecule has 1 aromatic carbocycles. The first-order valence-corrected chi connectivity index (χ1v) is 9.14. The van der Waals surface area contributed by atoms with E-state index in [1.165, 1.54) is 7.05 Å². The number of nitrogens with zero attached hydrogens (tertiary/aromatic N) is 2. The molecule has 1 heterocycles. The second-order valence-corrected chi connectivity index (χ2v) is 7.96. The van der Waals surface area contributed by atoms with Crippen LogP contribution in [0.1, 0.15) is 20.9 Å². The van der Waals surface area contributed by atoms with Gasteiger partial charge in [0.2, 0.25) is 10.0 Å². The fourth-order valence-electron chi connectivity index (χ4n) is 1.78. The summed E-state index contributed by atoms with van der Waals surface area (Å²) in [6.45, 7) is 3.62. The highest BCUT2D eigenvalue weighted by molar-refractivity contribution is 7.92. The van der Waals surface area contributed by atoms with Crippen LogP contribution in [0, 0.1) is 13.8 Å². The molecule has 0 saturated carbocycles. The molecule has 2 rings (SSSR count). The number of anilines is 2. The van der Waals surface area contributed by atoms with Crippen LogP contribution in [0.4, 0.5) is 10.8 Å². The van der Waals surface area contributed by atoms with E-state index in [-0.39, 0.29) is 11.0 Å². The molecule has 2 aromatic rings. The van der Waals surface area contributed by atoms with E-state index in [2.05, 4.69) is 10.3 Å². The number of sulfonamides is 1. The molecular weight excluding hydrogens is 322 g/mol. The Bertz CT molecular complexity index is 812. The van der Waals surface area contributed by atoms with Crippen LogP contribution in [-0.4, -0.2) is 32.6 Å². The molecule has 6 nitrogen and oxygen atoms in total. The van der Waals surface area contributed by atoms with E-state index in [1.54, 1.807) is 13.0 Å². The Kier molecular flexibility index (Phi) is 4.52. The average Bonchev–Trinajstić information content (AvgIpc) is 2.78. The number of hydrogen-bond donors (Lipinski definition) is 1. The van der Waals surface area contributed by atoms with Gasteiger partial charge in [0.15, 0.2) is 5.13 Å². The second kappa shape index (κ2) is 6.05. The SMILES string of the molecule is Cc1cccc(NC(=O)c2sc(N(C)S(C)(=O)=O)nc2C)c1. The molecule has 1 N–H and O–H groups in total. The predicted molar refractivity (Wildman–Crippen MR) is 89.2 cm³/mol. The lowest BCUT2D eigenvalue weighted by atomic mass is 10.2. The zero-order chi connectivity index (χ0) is 16.5. The third kappa shape index (κ3) is 3.63. The van der Waals surface area contributed by atoms with E-state index in [0.29, 0.717) is 16.3 Å². The first-order valence-electron chi connectivity index (χ1n) is 6.48. The van der Waals surface area contributed by atoms with Gasteiger partial charge in [-0.3, -0.25) is 4.79 Å². The summed E-state index contributed by atoms with van der Waals surface area (Å²) in [6.07, 6.45) is 1.09. The molecule has 8 heteroatoms. The van der Waals surface area contributed by atoms with Crippen LogP contribution in [0.2, 0.25) is 0 Å². The molecule has 1 amide bonds. The van der Waals surface area contributed by atoms with E-state index in [4.69, 9.17) is 0 Å². The average molecular weight is 339 g/mol. The Hall–Kier alpha value is -1.93.